The largest absolute Gasteiger partial charge is 0.416 e. The number of thioether (sulfide) groups is 1. The van der Waals surface area contributed by atoms with Gasteiger partial charge in [-0.1, -0.05) is 41.6 Å². The highest BCUT2D eigenvalue weighted by atomic mass is 35.5. The molecule has 0 spiro atoms. The Morgan fingerprint density at radius 1 is 1.08 bits per heavy atom. The van der Waals surface area contributed by atoms with E-state index in [-0.39, 0.29) is 27.1 Å². The second-order valence-corrected chi connectivity index (χ2v) is 9.28. The fraction of sp³-hybridized carbons (Fsp3) is 0.0800. The predicted octanol–water partition coefficient (Wildman–Crippen LogP) is 6.41. The predicted molar refractivity (Wildman–Crippen MR) is 135 cm³/mol. The van der Waals surface area contributed by atoms with E-state index < -0.39 is 29.0 Å². The van der Waals surface area contributed by atoms with Gasteiger partial charge in [0, 0.05) is 10.9 Å². The number of benzene rings is 3. The number of fused-ring (bicyclic) bond motifs is 3. The van der Waals surface area contributed by atoms with Gasteiger partial charge in [0.05, 0.1) is 27.7 Å². The van der Waals surface area contributed by atoms with Crippen molar-refractivity contribution in [3.8, 4) is 5.69 Å². The highest BCUT2D eigenvalue weighted by molar-refractivity contribution is 7.99. The zero-order valence-corrected chi connectivity index (χ0v) is 20.1. The van der Waals surface area contributed by atoms with E-state index in [1.807, 2.05) is 0 Å². The van der Waals surface area contributed by atoms with Crippen LogP contribution in [0.5, 0.6) is 0 Å². The molecule has 3 aromatic carbocycles. The van der Waals surface area contributed by atoms with Crippen LogP contribution in [-0.2, 0) is 11.0 Å². The first kappa shape index (κ1) is 24.8. The summed E-state index contributed by atoms with van der Waals surface area (Å²) in [6, 6.07) is 15.0. The molecule has 0 aliphatic heterocycles. The molecule has 1 amide bonds. The second-order valence-electron chi connectivity index (χ2n) is 7.93. The maximum Gasteiger partial charge on any atom is 0.416 e. The minimum atomic E-state index is -4.61. The van der Waals surface area contributed by atoms with Crippen LogP contribution in [0.25, 0.3) is 27.6 Å². The summed E-state index contributed by atoms with van der Waals surface area (Å²) in [5, 5.41) is 3.15. The number of carbonyl (C=O) groups excluding carboxylic acids is 1. The van der Waals surface area contributed by atoms with Gasteiger partial charge in [0.25, 0.3) is 5.56 Å². The Morgan fingerprint density at radius 2 is 1.81 bits per heavy atom. The van der Waals surface area contributed by atoms with Gasteiger partial charge in [-0.3, -0.25) is 14.2 Å². The van der Waals surface area contributed by atoms with Crippen LogP contribution in [0.3, 0.4) is 0 Å². The third-order valence-corrected chi connectivity index (χ3v) is 6.75. The number of nitrogens with one attached hydrogen (secondary N) is 2. The van der Waals surface area contributed by atoms with E-state index in [4.69, 9.17) is 11.6 Å². The molecule has 5 rings (SSSR count). The molecule has 0 saturated heterocycles. The lowest BCUT2D eigenvalue weighted by Gasteiger charge is -2.13. The molecule has 0 atom stereocenters. The Bertz CT molecular complexity index is 1720. The van der Waals surface area contributed by atoms with Gasteiger partial charge in [0.2, 0.25) is 5.91 Å². The van der Waals surface area contributed by atoms with Gasteiger partial charge in [-0.2, -0.15) is 13.2 Å². The first-order valence-electron chi connectivity index (χ1n) is 10.7. The van der Waals surface area contributed by atoms with Gasteiger partial charge >= 0.3 is 6.18 Å². The molecule has 2 heterocycles. The van der Waals surface area contributed by atoms with E-state index in [1.165, 1.54) is 28.8 Å². The van der Waals surface area contributed by atoms with Gasteiger partial charge in [0.1, 0.15) is 16.9 Å². The van der Waals surface area contributed by atoms with E-state index in [0.29, 0.717) is 22.1 Å². The number of anilines is 1. The number of alkyl halides is 3. The monoisotopic (exact) mass is 546 g/mol. The summed E-state index contributed by atoms with van der Waals surface area (Å²) in [5.41, 5.74) is 0.0131. The van der Waals surface area contributed by atoms with Crippen molar-refractivity contribution < 1.29 is 22.4 Å². The molecule has 0 aliphatic rings. The van der Waals surface area contributed by atoms with Crippen LogP contribution < -0.4 is 10.9 Å². The van der Waals surface area contributed by atoms with Gasteiger partial charge in [0.15, 0.2) is 5.16 Å². The summed E-state index contributed by atoms with van der Waals surface area (Å²) < 4.78 is 54.0. The first-order chi connectivity index (χ1) is 17.6. The molecule has 0 saturated carbocycles. The zero-order chi connectivity index (χ0) is 26.3. The lowest BCUT2D eigenvalue weighted by molar-refractivity contribution is -0.137. The summed E-state index contributed by atoms with van der Waals surface area (Å²) in [7, 11) is 0. The number of carbonyl (C=O) groups is 1. The highest BCUT2D eigenvalue weighted by Gasteiger charge is 2.31. The molecule has 6 nitrogen and oxygen atoms in total. The molecule has 0 fully saturated rings. The lowest BCUT2D eigenvalue weighted by atomic mass is 10.2. The number of aromatic amines is 1. The molecule has 0 unspecified atom stereocenters. The number of para-hydroxylation sites is 1. The van der Waals surface area contributed by atoms with E-state index in [1.54, 1.807) is 24.3 Å². The van der Waals surface area contributed by atoms with Crippen molar-refractivity contribution >= 4 is 56.9 Å². The average Bonchev–Trinajstić information content (AvgIpc) is 3.23. The molecule has 0 aliphatic carbocycles. The second kappa shape index (κ2) is 9.56. The fourth-order valence-corrected chi connectivity index (χ4v) is 4.74. The first-order valence-corrected chi connectivity index (χ1v) is 12.1. The van der Waals surface area contributed by atoms with Gasteiger partial charge in [-0.05, 0) is 48.5 Å². The molecule has 0 bridgehead atoms. The topological polar surface area (TPSA) is 79.8 Å². The van der Waals surface area contributed by atoms with Crippen molar-refractivity contribution in [2.75, 3.05) is 11.1 Å². The number of H-pyrrole nitrogens is 1. The summed E-state index contributed by atoms with van der Waals surface area (Å²) in [6.45, 7) is 0. The fourth-order valence-electron chi connectivity index (χ4n) is 3.77. The van der Waals surface area contributed by atoms with Crippen LogP contribution in [-0.4, -0.2) is 26.2 Å². The van der Waals surface area contributed by atoms with Crippen LogP contribution in [0.1, 0.15) is 5.56 Å². The SMILES string of the molecule is O=C(CSc1nc2c([nH]c3ccccc32)c(=O)n1-c1ccc(F)cc1)Nc1cc(C(F)(F)F)ccc1Cl. The summed E-state index contributed by atoms with van der Waals surface area (Å²) in [6.07, 6.45) is -4.61. The number of nitrogens with zero attached hydrogens (tertiary/aromatic N) is 2. The Balaban J connectivity index is 1.51. The van der Waals surface area contributed by atoms with Crippen LogP contribution in [0.2, 0.25) is 5.02 Å². The molecule has 37 heavy (non-hydrogen) atoms. The number of halogens is 5. The normalized spacial score (nSPS) is 11.8. The molecule has 188 valence electrons. The van der Waals surface area contributed by atoms with Crippen molar-refractivity contribution in [1.82, 2.24) is 14.5 Å². The van der Waals surface area contributed by atoms with Gasteiger partial charge < -0.3 is 10.3 Å². The number of amides is 1. The molecular weight excluding hydrogens is 532 g/mol. The van der Waals surface area contributed by atoms with E-state index >= 15 is 0 Å². The Kier molecular flexibility index (Phi) is 6.42. The van der Waals surface area contributed by atoms with Crippen LogP contribution in [0, 0.1) is 5.82 Å². The molecule has 12 heteroatoms. The molecule has 0 radical (unpaired) electrons. The summed E-state index contributed by atoms with van der Waals surface area (Å²) in [4.78, 5) is 33.8. The van der Waals surface area contributed by atoms with E-state index in [0.717, 1.165) is 30.0 Å². The van der Waals surface area contributed by atoms with Crippen LogP contribution >= 0.6 is 23.4 Å². The Labute approximate surface area is 215 Å². The van der Waals surface area contributed by atoms with E-state index in [9.17, 15) is 27.2 Å². The average molecular weight is 547 g/mol. The highest BCUT2D eigenvalue weighted by Crippen LogP contribution is 2.34. The van der Waals surface area contributed by atoms with Crippen molar-refractivity contribution in [1.29, 1.82) is 0 Å². The number of hydrogen-bond donors (Lipinski definition) is 2. The molecule has 2 N–H and O–H groups in total. The van der Waals surface area contributed by atoms with Crippen molar-refractivity contribution in [2.45, 2.75) is 11.3 Å². The third kappa shape index (κ3) is 4.92. The smallest absolute Gasteiger partial charge is 0.349 e. The Morgan fingerprint density at radius 3 is 2.54 bits per heavy atom. The number of hydrogen-bond acceptors (Lipinski definition) is 4. The maximum atomic E-state index is 13.5. The van der Waals surface area contributed by atoms with Crippen LogP contribution in [0.15, 0.2) is 76.7 Å². The number of aromatic nitrogens is 3. The summed E-state index contributed by atoms with van der Waals surface area (Å²) >= 11 is 6.87. The minimum absolute atomic E-state index is 0.0621. The van der Waals surface area contributed by atoms with Crippen molar-refractivity contribution in [3.63, 3.8) is 0 Å². The summed E-state index contributed by atoms with van der Waals surface area (Å²) in [5.74, 6) is -1.46. The van der Waals surface area contributed by atoms with Gasteiger partial charge in [-0.15, -0.1) is 0 Å². The molecule has 5 aromatic rings. The molecular formula is C25H15ClF4N4O2S. The molecule has 2 aromatic heterocycles. The van der Waals surface area contributed by atoms with E-state index in [2.05, 4.69) is 15.3 Å². The van der Waals surface area contributed by atoms with Crippen molar-refractivity contribution in [2.24, 2.45) is 0 Å². The van der Waals surface area contributed by atoms with Crippen LogP contribution in [0.4, 0.5) is 23.2 Å². The Hall–Kier alpha value is -3.83. The zero-order valence-electron chi connectivity index (χ0n) is 18.6. The lowest BCUT2D eigenvalue weighted by Crippen LogP contribution is -2.23. The standard InChI is InChI=1S/C25H15ClF4N4O2S/c26-17-10-5-13(25(28,29)30)11-19(17)31-20(35)12-37-24-33-21-16-3-1-2-4-18(16)32-22(21)23(36)34(24)15-8-6-14(27)7-9-15/h1-11,32H,12H2,(H,31,35). The number of rotatable bonds is 5. The third-order valence-electron chi connectivity index (χ3n) is 5.48. The maximum absolute atomic E-state index is 13.5. The van der Waals surface area contributed by atoms with Crippen molar-refractivity contribution in [3.05, 3.63) is 93.5 Å². The van der Waals surface area contributed by atoms with Gasteiger partial charge in [-0.25, -0.2) is 9.37 Å². The quantitative estimate of drug-likeness (QED) is 0.152. The minimum Gasteiger partial charge on any atom is -0.349 e.